The summed E-state index contributed by atoms with van der Waals surface area (Å²) < 4.78 is 19.8. The van der Waals surface area contributed by atoms with Crippen molar-refractivity contribution < 1.29 is 9.13 Å². The predicted octanol–water partition coefficient (Wildman–Crippen LogP) is 0.924. The van der Waals surface area contributed by atoms with Gasteiger partial charge in [-0.25, -0.2) is 4.39 Å². The number of ether oxygens (including phenoxy) is 1. The van der Waals surface area contributed by atoms with Crippen LogP contribution < -0.4 is 10.1 Å². The van der Waals surface area contributed by atoms with Gasteiger partial charge in [0.25, 0.3) is 0 Å². The van der Waals surface area contributed by atoms with Gasteiger partial charge in [0.2, 0.25) is 0 Å². The summed E-state index contributed by atoms with van der Waals surface area (Å²) in [5.74, 6) is 0.477. The molecule has 2 fully saturated rings. The van der Waals surface area contributed by atoms with Crippen LogP contribution in [0.2, 0.25) is 0 Å². The summed E-state index contributed by atoms with van der Waals surface area (Å²) in [6.45, 7) is 6.50. The SMILES string of the molecule is CN1CCN(Cc2ccc(OC3CNC3)cc2F)CC1. The molecule has 0 unspecified atom stereocenters. The Kier molecular flexibility index (Phi) is 4.19. The minimum atomic E-state index is -0.159. The van der Waals surface area contributed by atoms with Crippen molar-refractivity contribution in [1.29, 1.82) is 0 Å². The van der Waals surface area contributed by atoms with E-state index in [1.807, 2.05) is 12.1 Å². The zero-order valence-electron chi connectivity index (χ0n) is 11.9. The van der Waals surface area contributed by atoms with Crippen molar-refractivity contribution in [1.82, 2.24) is 15.1 Å². The van der Waals surface area contributed by atoms with E-state index >= 15 is 0 Å². The molecule has 20 heavy (non-hydrogen) atoms. The van der Waals surface area contributed by atoms with Crippen LogP contribution in [0.5, 0.6) is 5.75 Å². The minimum Gasteiger partial charge on any atom is -0.488 e. The van der Waals surface area contributed by atoms with E-state index in [9.17, 15) is 4.39 Å². The maximum absolute atomic E-state index is 14.1. The Labute approximate surface area is 119 Å². The maximum Gasteiger partial charge on any atom is 0.131 e. The van der Waals surface area contributed by atoms with E-state index in [0.717, 1.165) is 44.8 Å². The lowest BCUT2D eigenvalue weighted by Gasteiger charge is -2.32. The van der Waals surface area contributed by atoms with Crippen molar-refractivity contribution in [2.75, 3.05) is 46.3 Å². The second kappa shape index (κ2) is 6.08. The van der Waals surface area contributed by atoms with Crippen LogP contribution in [0, 0.1) is 5.82 Å². The Bertz CT molecular complexity index is 456. The number of hydrogen-bond donors (Lipinski definition) is 1. The number of piperazine rings is 1. The standard InChI is InChI=1S/C15H22FN3O/c1-18-4-6-19(7-5-18)11-12-2-3-13(8-15(12)16)20-14-9-17-10-14/h2-3,8,14,17H,4-7,9-11H2,1H3. The molecule has 1 aromatic rings. The molecule has 0 atom stereocenters. The molecule has 1 N–H and O–H groups in total. The van der Waals surface area contributed by atoms with E-state index in [0.29, 0.717) is 12.3 Å². The number of benzene rings is 1. The first kappa shape index (κ1) is 13.8. The fourth-order valence-corrected chi connectivity index (χ4v) is 2.51. The van der Waals surface area contributed by atoms with Gasteiger partial charge in [-0.2, -0.15) is 0 Å². The Morgan fingerprint density at radius 1 is 1.25 bits per heavy atom. The van der Waals surface area contributed by atoms with Gasteiger partial charge < -0.3 is 15.0 Å². The highest BCUT2D eigenvalue weighted by Crippen LogP contribution is 2.20. The van der Waals surface area contributed by atoms with Gasteiger partial charge in [0.05, 0.1) is 0 Å². The van der Waals surface area contributed by atoms with E-state index in [1.54, 1.807) is 0 Å². The Balaban J connectivity index is 1.58. The molecular formula is C15H22FN3O. The molecule has 5 heteroatoms. The van der Waals surface area contributed by atoms with Crippen LogP contribution in [0.3, 0.4) is 0 Å². The fourth-order valence-electron chi connectivity index (χ4n) is 2.51. The molecule has 0 amide bonds. The smallest absolute Gasteiger partial charge is 0.131 e. The zero-order chi connectivity index (χ0) is 13.9. The first-order valence-electron chi connectivity index (χ1n) is 7.27. The predicted molar refractivity (Wildman–Crippen MR) is 76.5 cm³/mol. The first-order chi connectivity index (χ1) is 9.70. The third-order valence-corrected chi connectivity index (χ3v) is 4.06. The number of nitrogens with zero attached hydrogens (tertiary/aromatic N) is 2. The summed E-state index contributed by atoms with van der Waals surface area (Å²) in [6, 6.07) is 5.26. The van der Waals surface area contributed by atoms with E-state index < -0.39 is 0 Å². The summed E-state index contributed by atoms with van der Waals surface area (Å²) in [4.78, 5) is 4.60. The summed E-state index contributed by atoms with van der Waals surface area (Å²) >= 11 is 0. The van der Waals surface area contributed by atoms with Crippen molar-refractivity contribution in [3.63, 3.8) is 0 Å². The molecule has 3 rings (SSSR count). The monoisotopic (exact) mass is 279 g/mol. The quantitative estimate of drug-likeness (QED) is 0.887. The molecule has 0 spiro atoms. The first-order valence-corrected chi connectivity index (χ1v) is 7.27. The molecule has 110 valence electrons. The van der Waals surface area contributed by atoms with E-state index in [2.05, 4.69) is 22.2 Å². The van der Waals surface area contributed by atoms with Crippen molar-refractivity contribution >= 4 is 0 Å². The Hall–Kier alpha value is -1.17. The summed E-state index contributed by atoms with van der Waals surface area (Å²) in [5.41, 5.74) is 0.758. The number of nitrogens with one attached hydrogen (secondary N) is 1. The topological polar surface area (TPSA) is 27.7 Å². The number of likely N-dealkylation sites (N-methyl/N-ethyl adjacent to an activating group) is 1. The lowest BCUT2D eigenvalue weighted by Crippen LogP contribution is -2.50. The van der Waals surface area contributed by atoms with Gasteiger partial charge in [-0.3, -0.25) is 4.90 Å². The largest absolute Gasteiger partial charge is 0.488 e. The molecule has 0 bridgehead atoms. The Morgan fingerprint density at radius 2 is 2.00 bits per heavy atom. The van der Waals surface area contributed by atoms with Crippen LogP contribution in [-0.2, 0) is 6.54 Å². The highest BCUT2D eigenvalue weighted by molar-refractivity contribution is 5.29. The van der Waals surface area contributed by atoms with Crippen molar-refractivity contribution in [2.45, 2.75) is 12.6 Å². The van der Waals surface area contributed by atoms with Gasteiger partial charge in [-0.05, 0) is 13.1 Å². The van der Waals surface area contributed by atoms with Crippen LogP contribution in [0.15, 0.2) is 18.2 Å². The summed E-state index contributed by atoms with van der Waals surface area (Å²) in [7, 11) is 2.12. The maximum atomic E-state index is 14.1. The second-order valence-electron chi connectivity index (χ2n) is 5.73. The molecule has 0 radical (unpaired) electrons. The molecule has 2 saturated heterocycles. The molecular weight excluding hydrogens is 257 g/mol. The summed E-state index contributed by atoms with van der Waals surface area (Å²) in [6.07, 6.45) is 0.192. The third kappa shape index (κ3) is 3.29. The van der Waals surface area contributed by atoms with Crippen molar-refractivity contribution in [3.05, 3.63) is 29.6 Å². The molecule has 4 nitrogen and oxygen atoms in total. The van der Waals surface area contributed by atoms with Crippen molar-refractivity contribution in [3.8, 4) is 5.75 Å². The Morgan fingerprint density at radius 3 is 2.60 bits per heavy atom. The van der Waals surface area contributed by atoms with Crippen LogP contribution in [0.4, 0.5) is 4.39 Å². The van der Waals surface area contributed by atoms with Crippen LogP contribution >= 0.6 is 0 Å². The van der Waals surface area contributed by atoms with Gasteiger partial charge >= 0.3 is 0 Å². The number of rotatable bonds is 4. The molecule has 0 aliphatic carbocycles. The van der Waals surface area contributed by atoms with Gasteiger partial charge in [0, 0.05) is 57.4 Å². The highest BCUT2D eigenvalue weighted by Gasteiger charge is 2.19. The lowest BCUT2D eigenvalue weighted by molar-refractivity contribution is 0.140. The molecule has 2 aliphatic rings. The molecule has 2 heterocycles. The van der Waals surface area contributed by atoms with Gasteiger partial charge in [-0.1, -0.05) is 6.07 Å². The average Bonchev–Trinajstić information content (AvgIpc) is 2.39. The molecule has 1 aromatic carbocycles. The molecule has 2 aliphatic heterocycles. The number of halogens is 1. The zero-order valence-corrected chi connectivity index (χ0v) is 11.9. The van der Waals surface area contributed by atoms with Crippen molar-refractivity contribution in [2.24, 2.45) is 0 Å². The van der Waals surface area contributed by atoms with Gasteiger partial charge in [0.15, 0.2) is 0 Å². The normalized spacial score (nSPS) is 21.7. The second-order valence-corrected chi connectivity index (χ2v) is 5.73. The number of hydrogen-bond acceptors (Lipinski definition) is 4. The van der Waals surface area contributed by atoms with Gasteiger partial charge in [-0.15, -0.1) is 0 Å². The van der Waals surface area contributed by atoms with E-state index in [4.69, 9.17) is 4.74 Å². The minimum absolute atomic E-state index is 0.159. The molecule has 0 saturated carbocycles. The van der Waals surface area contributed by atoms with E-state index in [1.165, 1.54) is 6.07 Å². The van der Waals surface area contributed by atoms with Gasteiger partial charge in [0.1, 0.15) is 17.7 Å². The fraction of sp³-hybridized carbons (Fsp3) is 0.600. The summed E-state index contributed by atoms with van der Waals surface area (Å²) in [5, 5.41) is 3.14. The third-order valence-electron chi connectivity index (χ3n) is 4.06. The van der Waals surface area contributed by atoms with Crippen LogP contribution in [-0.4, -0.2) is 62.2 Å². The van der Waals surface area contributed by atoms with Crippen LogP contribution in [0.25, 0.3) is 0 Å². The highest BCUT2D eigenvalue weighted by atomic mass is 19.1. The lowest BCUT2D eigenvalue weighted by atomic mass is 10.1. The van der Waals surface area contributed by atoms with E-state index in [-0.39, 0.29) is 11.9 Å². The van der Waals surface area contributed by atoms with Crippen LogP contribution in [0.1, 0.15) is 5.56 Å². The molecule has 0 aromatic heterocycles. The average molecular weight is 279 g/mol.